The van der Waals surface area contributed by atoms with Gasteiger partial charge in [0.05, 0.1) is 18.1 Å². The van der Waals surface area contributed by atoms with Gasteiger partial charge in [-0.15, -0.1) is 0 Å². The minimum Gasteiger partial charge on any atom is -0.382 e. The predicted molar refractivity (Wildman–Crippen MR) is 59.0 cm³/mol. The van der Waals surface area contributed by atoms with Gasteiger partial charge in [0, 0.05) is 31.1 Å². The first-order valence-corrected chi connectivity index (χ1v) is 5.86. The van der Waals surface area contributed by atoms with Crippen molar-refractivity contribution >= 4 is 17.6 Å². The molecule has 2 rings (SSSR count). The van der Waals surface area contributed by atoms with Crippen molar-refractivity contribution in [3.8, 4) is 0 Å². The van der Waals surface area contributed by atoms with Gasteiger partial charge < -0.3 is 5.73 Å². The lowest BCUT2D eigenvalue weighted by atomic mass is 10.4. The fraction of sp³-hybridized carbons (Fsp3) is 0.556. The van der Waals surface area contributed by atoms with Crippen molar-refractivity contribution in [3.63, 3.8) is 0 Å². The Labute approximate surface area is 87.9 Å². The first-order chi connectivity index (χ1) is 6.84. The monoisotopic (exact) mass is 210 g/mol. The highest BCUT2D eigenvalue weighted by Crippen LogP contribution is 2.11. The molecule has 0 radical (unpaired) electrons. The SMILES string of the molecule is Nc1cnc(CN2CCSCC2)cn1. The molecule has 0 unspecified atom stereocenters. The van der Waals surface area contributed by atoms with Crippen LogP contribution in [0, 0.1) is 0 Å². The van der Waals surface area contributed by atoms with Crippen molar-refractivity contribution in [2.45, 2.75) is 6.54 Å². The van der Waals surface area contributed by atoms with Crippen LogP contribution in [0.25, 0.3) is 0 Å². The van der Waals surface area contributed by atoms with E-state index in [4.69, 9.17) is 5.73 Å². The van der Waals surface area contributed by atoms with Crippen LogP contribution in [0.15, 0.2) is 12.4 Å². The zero-order valence-corrected chi connectivity index (χ0v) is 8.83. The molecule has 1 aromatic heterocycles. The van der Waals surface area contributed by atoms with Gasteiger partial charge in [0.2, 0.25) is 0 Å². The second kappa shape index (κ2) is 4.61. The number of anilines is 1. The minimum atomic E-state index is 0.489. The first-order valence-electron chi connectivity index (χ1n) is 4.71. The van der Waals surface area contributed by atoms with Crippen LogP contribution in [-0.4, -0.2) is 39.5 Å². The second-order valence-corrected chi connectivity index (χ2v) is 4.55. The van der Waals surface area contributed by atoms with E-state index in [1.165, 1.54) is 11.5 Å². The number of aromatic nitrogens is 2. The number of nitrogens with zero attached hydrogens (tertiary/aromatic N) is 3. The van der Waals surface area contributed by atoms with Crippen LogP contribution < -0.4 is 5.73 Å². The smallest absolute Gasteiger partial charge is 0.141 e. The number of hydrogen-bond acceptors (Lipinski definition) is 5. The normalized spacial score (nSPS) is 18.3. The third-order valence-electron chi connectivity index (χ3n) is 2.21. The van der Waals surface area contributed by atoms with Crippen LogP contribution in [0.3, 0.4) is 0 Å². The molecule has 2 N–H and O–H groups in total. The van der Waals surface area contributed by atoms with Crippen LogP contribution in [-0.2, 0) is 6.54 Å². The van der Waals surface area contributed by atoms with Gasteiger partial charge in [-0.25, -0.2) is 4.98 Å². The molecule has 0 amide bonds. The van der Waals surface area contributed by atoms with Crippen LogP contribution in [0.1, 0.15) is 5.69 Å². The molecule has 0 spiro atoms. The Kier molecular flexibility index (Phi) is 3.21. The van der Waals surface area contributed by atoms with Crippen molar-refractivity contribution in [1.82, 2.24) is 14.9 Å². The summed E-state index contributed by atoms with van der Waals surface area (Å²) in [4.78, 5) is 10.7. The molecule has 14 heavy (non-hydrogen) atoms. The Morgan fingerprint density at radius 3 is 2.71 bits per heavy atom. The third-order valence-corrected chi connectivity index (χ3v) is 3.16. The summed E-state index contributed by atoms with van der Waals surface area (Å²) >= 11 is 2.01. The summed E-state index contributed by atoms with van der Waals surface area (Å²) < 4.78 is 0. The molecule has 1 fully saturated rings. The number of thioether (sulfide) groups is 1. The van der Waals surface area contributed by atoms with Crippen LogP contribution in [0.2, 0.25) is 0 Å². The maximum absolute atomic E-state index is 5.47. The first kappa shape index (κ1) is 9.73. The van der Waals surface area contributed by atoms with E-state index in [0.717, 1.165) is 25.3 Å². The highest BCUT2D eigenvalue weighted by molar-refractivity contribution is 7.99. The van der Waals surface area contributed by atoms with Crippen LogP contribution >= 0.6 is 11.8 Å². The standard InChI is InChI=1S/C9H14N4S/c10-9-6-11-8(5-12-9)7-13-1-3-14-4-2-13/h5-6H,1-4,7H2,(H2,10,12). The number of nitrogens with two attached hydrogens (primary N) is 1. The summed E-state index contributed by atoms with van der Waals surface area (Å²) in [5.74, 6) is 2.94. The van der Waals surface area contributed by atoms with Gasteiger partial charge in [-0.2, -0.15) is 11.8 Å². The zero-order valence-electron chi connectivity index (χ0n) is 8.02. The Balaban J connectivity index is 1.92. The van der Waals surface area contributed by atoms with Crippen LogP contribution in [0.4, 0.5) is 5.82 Å². The molecular formula is C9H14N4S. The number of rotatable bonds is 2. The van der Waals surface area contributed by atoms with Crippen molar-refractivity contribution in [2.75, 3.05) is 30.3 Å². The molecule has 5 heteroatoms. The summed E-state index contributed by atoms with van der Waals surface area (Å²) in [6.07, 6.45) is 3.38. The molecule has 0 atom stereocenters. The van der Waals surface area contributed by atoms with E-state index in [-0.39, 0.29) is 0 Å². The van der Waals surface area contributed by atoms with E-state index in [1.54, 1.807) is 12.4 Å². The van der Waals surface area contributed by atoms with Crippen molar-refractivity contribution in [1.29, 1.82) is 0 Å². The topological polar surface area (TPSA) is 55.0 Å². The van der Waals surface area contributed by atoms with E-state index >= 15 is 0 Å². The maximum atomic E-state index is 5.47. The summed E-state index contributed by atoms with van der Waals surface area (Å²) in [5.41, 5.74) is 6.47. The molecule has 0 aromatic carbocycles. The predicted octanol–water partition coefficient (Wildman–Crippen LogP) is 0.608. The van der Waals surface area contributed by atoms with Gasteiger partial charge in [-0.1, -0.05) is 0 Å². The number of hydrogen-bond donors (Lipinski definition) is 1. The molecule has 1 aliphatic heterocycles. The average molecular weight is 210 g/mol. The molecule has 1 aromatic rings. The van der Waals surface area contributed by atoms with Gasteiger partial charge in [-0.3, -0.25) is 9.88 Å². The molecule has 0 saturated carbocycles. The van der Waals surface area contributed by atoms with Crippen molar-refractivity contribution in [2.24, 2.45) is 0 Å². The fourth-order valence-electron chi connectivity index (χ4n) is 1.43. The summed E-state index contributed by atoms with van der Waals surface area (Å²) in [5, 5.41) is 0. The highest BCUT2D eigenvalue weighted by Gasteiger charge is 2.10. The van der Waals surface area contributed by atoms with E-state index in [2.05, 4.69) is 14.9 Å². The van der Waals surface area contributed by atoms with E-state index in [1.807, 2.05) is 11.8 Å². The molecular weight excluding hydrogens is 196 g/mol. The van der Waals surface area contributed by atoms with E-state index in [0.29, 0.717) is 5.82 Å². The van der Waals surface area contributed by atoms with Crippen molar-refractivity contribution < 1.29 is 0 Å². The molecule has 76 valence electrons. The molecule has 0 bridgehead atoms. The van der Waals surface area contributed by atoms with E-state index in [9.17, 15) is 0 Å². The van der Waals surface area contributed by atoms with Crippen molar-refractivity contribution in [3.05, 3.63) is 18.1 Å². The van der Waals surface area contributed by atoms with Gasteiger partial charge in [0.25, 0.3) is 0 Å². The third kappa shape index (κ3) is 2.59. The quantitative estimate of drug-likeness (QED) is 0.775. The maximum Gasteiger partial charge on any atom is 0.141 e. The highest BCUT2D eigenvalue weighted by atomic mass is 32.2. The average Bonchev–Trinajstić information content (AvgIpc) is 2.23. The lowest BCUT2D eigenvalue weighted by molar-refractivity contribution is 0.290. The Morgan fingerprint density at radius 2 is 2.07 bits per heavy atom. The fourth-order valence-corrected chi connectivity index (χ4v) is 2.41. The summed E-state index contributed by atoms with van der Waals surface area (Å²) in [6, 6.07) is 0. The van der Waals surface area contributed by atoms with Crippen LogP contribution in [0.5, 0.6) is 0 Å². The summed E-state index contributed by atoms with van der Waals surface area (Å²) in [7, 11) is 0. The zero-order chi connectivity index (χ0) is 9.80. The molecule has 1 saturated heterocycles. The second-order valence-electron chi connectivity index (χ2n) is 3.32. The minimum absolute atomic E-state index is 0.489. The largest absolute Gasteiger partial charge is 0.382 e. The Bertz CT molecular complexity index is 281. The summed E-state index contributed by atoms with van der Waals surface area (Å²) in [6.45, 7) is 3.20. The Hall–Kier alpha value is -0.810. The van der Waals surface area contributed by atoms with Gasteiger partial charge in [-0.05, 0) is 0 Å². The lowest BCUT2D eigenvalue weighted by Crippen LogP contribution is -2.32. The molecule has 0 aliphatic carbocycles. The number of nitrogen functional groups attached to an aromatic ring is 1. The lowest BCUT2D eigenvalue weighted by Gasteiger charge is -2.25. The van der Waals surface area contributed by atoms with Gasteiger partial charge in [0.15, 0.2) is 0 Å². The Morgan fingerprint density at radius 1 is 1.29 bits per heavy atom. The van der Waals surface area contributed by atoms with E-state index < -0.39 is 0 Å². The molecule has 4 nitrogen and oxygen atoms in total. The van der Waals surface area contributed by atoms with Gasteiger partial charge >= 0.3 is 0 Å². The van der Waals surface area contributed by atoms with Gasteiger partial charge in [0.1, 0.15) is 5.82 Å². The molecule has 2 heterocycles. The molecule has 1 aliphatic rings.